The van der Waals surface area contributed by atoms with Gasteiger partial charge in [0.2, 0.25) is 5.91 Å². The lowest BCUT2D eigenvalue weighted by molar-refractivity contribution is -0.127. The van der Waals surface area contributed by atoms with Crippen LogP contribution in [0.4, 0.5) is 0 Å². The average Bonchev–Trinajstić information content (AvgIpc) is 3.41. The maximum atomic E-state index is 12.6. The minimum Gasteiger partial charge on any atom is -0.352 e. The van der Waals surface area contributed by atoms with Gasteiger partial charge in [0.15, 0.2) is 0 Å². The number of benzene rings is 1. The molecule has 1 saturated heterocycles. The molecule has 0 radical (unpaired) electrons. The van der Waals surface area contributed by atoms with Crippen LogP contribution in [0, 0.1) is 0 Å². The highest BCUT2D eigenvalue weighted by Crippen LogP contribution is 2.14. The van der Waals surface area contributed by atoms with Crippen LogP contribution in [0.5, 0.6) is 0 Å². The quantitative estimate of drug-likeness (QED) is 0.546. The monoisotopic (exact) mass is 419 g/mol. The third-order valence-corrected chi connectivity index (χ3v) is 5.38. The fraction of sp³-hybridized carbons (Fsp3) is 0.304. The van der Waals surface area contributed by atoms with Crippen molar-refractivity contribution in [2.75, 3.05) is 19.6 Å². The number of nitrogens with one attached hydrogen (secondary N) is 2. The maximum Gasteiger partial charge on any atom is 0.255 e. The Morgan fingerprint density at radius 1 is 1.06 bits per heavy atom. The number of hydrogen-bond acceptors (Lipinski definition) is 4. The van der Waals surface area contributed by atoms with E-state index in [0.29, 0.717) is 49.1 Å². The topological polar surface area (TPSA) is 95.8 Å². The minimum atomic E-state index is -0.201. The maximum absolute atomic E-state index is 12.6. The molecule has 2 N–H and O–H groups in total. The molecule has 0 unspecified atom stereocenters. The van der Waals surface area contributed by atoms with Gasteiger partial charge >= 0.3 is 0 Å². The molecule has 0 aliphatic carbocycles. The molecular weight excluding hydrogens is 394 g/mol. The van der Waals surface area contributed by atoms with Crippen LogP contribution in [0.1, 0.15) is 45.5 Å². The van der Waals surface area contributed by atoms with Crippen LogP contribution in [0.25, 0.3) is 5.52 Å². The molecule has 0 bridgehead atoms. The molecule has 3 heterocycles. The Balaban J connectivity index is 1.34. The second-order valence-electron chi connectivity index (χ2n) is 7.57. The van der Waals surface area contributed by atoms with E-state index in [1.807, 2.05) is 35.2 Å². The van der Waals surface area contributed by atoms with Gasteiger partial charge in [0.1, 0.15) is 0 Å². The van der Waals surface area contributed by atoms with E-state index in [1.165, 1.54) is 0 Å². The number of fused-ring (bicyclic) bond motifs is 1. The number of hydrogen-bond donors (Lipinski definition) is 2. The van der Waals surface area contributed by atoms with Crippen LogP contribution in [-0.4, -0.2) is 51.9 Å². The van der Waals surface area contributed by atoms with Crippen LogP contribution in [0.2, 0.25) is 0 Å². The highest BCUT2D eigenvalue weighted by atomic mass is 16.2. The van der Waals surface area contributed by atoms with Crippen LogP contribution in [0.3, 0.4) is 0 Å². The molecule has 0 spiro atoms. The van der Waals surface area contributed by atoms with Gasteiger partial charge in [-0.3, -0.25) is 14.4 Å². The molecule has 0 atom stereocenters. The van der Waals surface area contributed by atoms with E-state index in [9.17, 15) is 14.4 Å². The lowest BCUT2D eigenvalue weighted by Gasteiger charge is -2.15. The van der Waals surface area contributed by atoms with Gasteiger partial charge in [0.05, 0.1) is 17.3 Å². The second-order valence-corrected chi connectivity index (χ2v) is 7.57. The Labute approximate surface area is 180 Å². The van der Waals surface area contributed by atoms with Gasteiger partial charge < -0.3 is 15.5 Å². The Morgan fingerprint density at radius 2 is 1.90 bits per heavy atom. The first-order valence-corrected chi connectivity index (χ1v) is 10.5. The summed E-state index contributed by atoms with van der Waals surface area (Å²) in [5.41, 5.74) is 2.63. The molecule has 3 aromatic rings. The minimum absolute atomic E-state index is 0.150. The van der Waals surface area contributed by atoms with Gasteiger partial charge in [0, 0.05) is 44.4 Å². The number of carbonyl (C=O) groups is 3. The summed E-state index contributed by atoms with van der Waals surface area (Å²) in [5, 5.41) is 10.0. The smallest absolute Gasteiger partial charge is 0.255 e. The summed E-state index contributed by atoms with van der Waals surface area (Å²) in [6.07, 6.45) is 5.58. The first-order chi connectivity index (χ1) is 15.1. The van der Waals surface area contributed by atoms with Crippen molar-refractivity contribution in [2.45, 2.75) is 25.8 Å². The van der Waals surface area contributed by atoms with E-state index < -0.39 is 0 Å². The van der Waals surface area contributed by atoms with Crippen LogP contribution < -0.4 is 10.6 Å². The number of rotatable bonds is 8. The van der Waals surface area contributed by atoms with Crippen molar-refractivity contribution in [1.29, 1.82) is 0 Å². The van der Waals surface area contributed by atoms with E-state index in [0.717, 1.165) is 18.5 Å². The first kappa shape index (κ1) is 20.6. The molecule has 31 heavy (non-hydrogen) atoms. The zero-order valence-electron chi connectivity index (χ0n) is 17.2. The summed E-state index contributed by atoms with van der Waals surface area (Å²) < 4.78 is 1.64. The predicted octanol–water partition coefficient (Wildman–Crippen LogP) is 2.01. The van der Waals surface area contributed by atoms with Crippen LogP contribution in [0.15, 0.2) is 54.9 Å². The van der Waals surface area contributed by atoms with Gasteiger partial charge in [-0.25, -0.2) is 4.52 Å². The SMILES string of the molecule is O=C(NCc1ccn2ncc(C(=O)NCCCN3CCCC3=O)c2c1)c1ccccc1. The number of likely N-dealkylation sites (tertiary alicyclic amines) is 1. The summed E-state index contributed by atoms with van der Waals surface area (Å²) in [6.45, 7) is 2.32. The van der Waals surface area contributed by atoms with Gasteiger partial charge in [-0.2, -0.15) is 5.10 Å². The van der Waals surface area contributed by atoms with Crippen molar-refractivity contribution < 1.29 is 14.4 Å². The fourth-order valence-electron chi connectivity index (χ4n) is 3.69. The van der Waals surface area contributed by atoms with E-state index >= 15 is 0 Å². The molecule has 2 aromatic heterocycles. The van der Waals surface area contributed by atoms with E-state index in [-0.39, 0.29) is 17.7 Å². The largest absolute Gasteiger partial charge is 0.352 e. The molecule has 8 heteroatoms. The molecule has 160 valence electrons. The highest BCUT2D eigenvalue weighted by molar-refractivity contribution is 6.00. The van der Waals surface area contributed by atoms with Crippen molar-refractivity contribution in [3.05, 3.63) is 71.5 Å². The fourth-order valence-corrected chi connectivity index (χ4v) is 3.69. The van der Waals surface area contributed by atoms with E-state index in [4.69, 9.17) is 0 Å². The Bertz CT molecular complexity index is 1090. The molecule has 8 nitrogen and oxygen atoms in total. The van der Waals surface area contributed by atoms with Crippen molar-refractivity contribution in [2.24, 2.45) is 0 Å². The second kappa shape index (κ2) is 9.42. The zero-order valence-corrected chi connectivity index (χ0v) is 17.2. The Kier molecular flexibility index (Phi) is 6.26. The van der Waals surface area contributed by atoms with Gasteiger partial charge in [-0.15, -0.1) is 0 Å². The number of nitrogens with zero attached hydrogens (tertiary/aromatic N) is 3. The van der Waals surface area contributed by atoms with Crippen molar-refractivity contribution >= 4 is 23.2 Å². The number of carbonyl (C=O) groups excluding carboxylic acids is 3. The highest BCUT2D eigenvalue weighted by Gasteiger charge is 2.19. The summed E-state index contributed by atoms with van der Waals surface area (Å²) in [5.74, 6) is -0.155. The molecule has 1 aliphatic heterocycles. The molecule has 0 saturated carbocycles. The predicted molar refractivity (Wildman–Crippen MR) is 116 cm³/mol. The first-order valence-electron chi connectivity index (χ1n) is 10.5. The Morgan fingerprint density at radius 3 is 2.68 bits per heavy atom. The average molecular weight is 419 g/mol. The summed E-state index contributed by atoms with van der Waals surface area (Å²) in [7, 11) is 0. The lowest BCUT2D eigenvalue weighted by atomic mass is 10.1. The number of aromatic nitrogens is 2. The molecule has 4 rings (SSSR count). The van der Waals surface area contributed by atoms with Gasteiger partial charge in [-0.05, 0) is 42.7 Å². The van der Waals surface area contributed by atoms with Crippen molar-refractivity contribution in [3.8, 4) is 0 Å². The Hall–Kier alpha value is -3.68. The normalized spacial score (nSPS) is 13.5. The summed E-state index contributed by atoms with van der Waals surface area (Å²) in [6, 6.07) is 12.7. The van der Waals surface area contributed by atoms with Crippen LogP contribution in [-0.2, 0) is 11.3 Å². The molecule has 1 aromatic carbocycles. The van der Waals surface area contributed by atoms with E-state index in [1.54, 1.807) is 29.0 Å². The van der Waals surface area contributed by atoms with Crippen molar-refractivity contribution in [1.82, 2.24) is 25.1 Å². The third-order valence-electron chi connectivity index (χ3n) is 5.38. The zero-order chi connectivity index (χ0) is 21.6. The summed E-state index contributed by atoms with van der Waals surface area (Å²) in [4.78, 5) is 38.4. The number of amides is 3. The third kappa shape index (κ3) is 4.91. The molecule has 1 aliphatic rings. The molecular formula is C23H25N5O3. The molecule has 3 amide bonds. The summed E-state index contributed by atoms with van der Waals surface area (Å²) >= 11 is 0. The van der Waals surface area contributed by atoms with Gasteiger partial charge in [0.25, 0.3) is 11.8 Å². The van der Waals surface area contributed by atoms with E-state index in [2.05, 4.69) is 15.7 Å². The lowest BCUT2D eigenvalue weighted by Crippen LogP contribution is -2.30. The number of pyridine rings is 1. The molecule has 1 fully saturated rings. The van der Waals surface area contributed by atoms with Gasteiger partial charge in [-0.1, -0.05) is 18.2 Å². The van der Waals surface area contributed by atoms with Crippen molar-refractivity contribution in [3.63, 3.8) is 0 Å². The standard InChI is InChI=1S/C23H25N5O3/c29-21-8-4-11-27(21)12-5-10-24-23(31)19-16-26-28-13-9-17(14-20(19)28)15-25-22(30)18-6-2-1-3-7-18/h1-3,6-7,9,13-14,16H,4-5,8,10-12,15H2,(H,24,31)(H,25,30). The van der Waals surface area contributed by atoms with Crippen LogP contribution >= 0.6 is 0 Å².